The number of carbonyl (C=O) groups excluding carboxylic acids is 1. The first kappa shape index (κ1) is 24.3. The third-order valence-corrected chi connectivity index (χ3v) is 7.82. The van der Waals surface area contributed by atoms with Gasteiger partial charge in [0, 0.05) is 25.4 Å². The molecule has 3 heterocycles. The van der Waals surface area contributed by atoms with E-state index in [2.05, 4.69) is 29.1 Å². The number of benzene rings is 2. The number of aromatic nitrogens is 4. The number of hydrogen-bond donors (Lipinski definition) is 1. The maximum atomic E-state index is 14.2. The highest BCUT2D eigenvalue weighted by Gasteiger charge is 2.41. The molecule has 1 N–H and O–H groups in total. The third kappa shape index (κ3) is 4.34. The van der Waals surface area contributed by atoms with Crippen molar-refractivity contribution in [3.63, 3.8) is 0 Å². The van der Waals surface area contributed by atoms with Gasteiger partial charge in [-0.05, 0) is 109 Å². The Morgan fingerprint density at radius 1 is 1.08 bits per heavy atom. The van der Waals surface area contributed by atoms with E-state index in [0.29, 0.717) is 31.0 Å². The normalized spacial score (nSPS) is 16.0. The fourth-order valence-electron chi connectivity index (χ4n) is 5.74. The first-order valence-electron chi connectivity index (χ1n) is 13.1. The van der Waals surface area contributed by atoms with Crippen LogP contribution in [0.15, 0.2) is 55.0 Å². The summed E-state index contributed by atoms with van der Waals surface area (Å²) in [6.45, 7) is 4.98. The van der Waals surface area contributed by atoms with Gasteiger partial charge in [0.1, 0.15) is 12.1 Å². The molecule has 0 saturated heterocycles. The van der Waals surface area contributed by atoms with Gasteiger partial charge in [-0.2, -0.15) is 5.10 Å². The second kappa shape index (κ2) is 9.35. The van der Waals surface area contributed by atoms with E-state index in [1.54, 1.807) is 24.0 Å². The zero-order valence-electron chi connectivity index (χ0n) is 21.9. The summed E-state index contributed by atoms with van der Waals surface area (Å²) >= 11 is 0. The minimum absolute atomic E-state index is 0.0107. The molecular formula is C30H31FN6O. The SMILES string of the molecule is Cc1ccnc([C@H](C2CC2)N2CCc3c(cc(Cn4cnn(C)c4=N)cc3-c3ccc(F)cc3C)C2=O)c1. The molecule has 0 spiro atoms. The zero-order valence-corrected chi connectivity index (χ0v) is 21.9. The van der Waals surface area contributed by atoms with Gasteiger partial charge in [0.2, 0.25) is 5.62 Å². The highest BCUT2D eigenvalue weighted by Crippen LogP contribution is 2.46. The average Bonchev–Trinajstić information content (AvgIpc) is 3.67. The molecule has 1 atom stereocenters. The van der Waals surface area contributed by atoms with Crippen LogP contribution in [-0.2, 0) is 20.0 Å². The molecule has 0 unspecified atom stereocenters. The van der Waals surface area contributed by atoms with Crippen LogP contribution in [0.5, 0.6) is 0 Å². The molecule has 2 aromatic carbocycles. The largest absolute Gasteiger partial charge is 0.329 e. The van der Waals surface area contributed by atoms with Crippen molar-refractivity contribution in [2.24, 2.45) is 13.0 Å². The van der Waals surface area contributed by atoms with E-state index in [4.69, 9.17) is 5.41 Å². The number of pyridine rings is 1. The fraction of sp³-hybridized carbons (Fsp3) is 0.333. The summed E-state index contributed by atoms with van der Waals surface area (Å²) in [5.41, 5.74) is 7.66. The quantitative estimate of drug-likeness (QED) is 0.408. The molecule has 7 nitrogen and oxygen atoms in total. The Hall–Kier alpha value is -4.07. The minimum atomic E-state index is -0.277. The van der Waals surface area contributed by atoms with Crippen LogP contribution < -0.4 is 5.62 Å². The van der Waals surface area contributed by atoms with Crippen molar-refractivity contribution in [1.82, 2.24) is 24.2 Å². The van der Waals surface area contributed by atoms with Crippen LogP contribution in [0.1, 0.15) is 57.2 Å². The van der Waals surface area contributed by atoms with Gasteiger partial charge in [-0.3, -0.25) is 19.8 Å². The number of aryl methyl sites for hydroxylation is 3. The number of nitrogens with zero attached hydrogens (tertiary/aromatic N) is 5. The smallest absolute Gasteiger partial charge is 0.254 e. The number of amides is 1. The van der Waals surface area contributed by atoms with E-state index in [1.165, 1.54) is 16.8 Å². The molecule has 1 aliphatic carbocycles. The summed E-state index contributed by atoms with van der Waals surface area (Å²) in [5.74, 6) is 0.159. The third-order valence-electron chi connectivity index (χ3n) is 7.82. The van der Waals surface area contributed by atoms with Crippen LogP contribution in [0.2, 0.25) is 0 Å². The van der Waals surface area contributed by atoms with Gasteiger partial charge >= 0.3 is 0 Å². The standard InChI is InChI=1S/C30H31FN6O/c1-18-8-10-33-27(12-18)28(21-4-5-21)37-11-9-24-25(23-7-6-22(31)13-19(23)2)14-20(15-26(24)29(37)38)16-36-17-34-35(3)30(36)32/h6-8,10,12-15,17,21,28,32H,4-5,9,11,16H2,1-3H3/t28-/m0/s1. The second-order valence-electron chi connectivity index (χ2n) is 10.6. The van der Waals surface area contributed by atoms with E-state index in [0.717, 1.165) is 51.9 Å². The Balaban J connectivity index is 1.47. The molecule has 2 aromatic heterocycles. The van der Waals surface area contributed by atoms with E-state index >= 15 is 0 Å². The van der Waals surface area contributed by atoms with E-state index < -0.39 is 0 Å². The topological polar surface area (TPSA) is 79.8 Å². The molecule has 1 fully saturated rings. The van der Waals surface area contributed by atoms with Crippen LogP contribution in [-0.4, -0.2) is 36.7 Å². The summed E-state index contributed by atoms with van der Waals surface area (Å²) in [6.07, 6.45) is 6.37. The summed E-state index contributed by atoms with van der Waals surface area (Å²) in [7, 11) is 1.73. The van der Waals surface area contributed by atoms with Gasteiger partial charge in [0.25, 0.3) is 5.91 Å². The number of rotatable bonds is 6. The van der Waals surface area contributed by atoms with Gasteiger partial charge in [0.05, 0.1) is 18.3 Å². The lowest BCUT2D eigenvalue weighted by molar-refractivity contribution is 0.0627. The van der Waals surface area contributed by atoms with Crippen molar-refractivity contribution in [3.8, 4) is 11.1 Å². The predicted molar refractivity (Wildman–Crippen MR) is 142 cm³/mol. The van der Waals surface area contributed by atoms with Gasteiger partial charge in [-0.15, -0.1) is 0 Å². The van der Waals surface area contributed by atoms with Crippen molar-refractivity contribution in [2.75, 3.05) is 6.54 Å². The molecule has 2 aliphatic rings. The Kier molecular flexibility index (Phi) is 5.97. The Bertz CT molecular complexity index is 1620. The summed E-state index contributed by atoms with van der Waals surface area (Å²) in [6, 6.07) is 12.9. The molecule has 0 radical (unpaired) electrons. The number of halogens is 1. The number of carbonyl (C=O) groups is 1. The molecular weight excluding hydrogens is 479 g/mol. The highest BCUT2D eigenvalue weighted by atomic mass is 19.1. The van der Waals surface area contributed by atoms with Crippen molar-refractivity contribution < 1.29 is 9.18 Å². The molecule has 1 saturated carbocycles. The molecule has 1 amide bonds. The van der Waals surface area contributed by atoms with Crippen molar-refractivity contribution in [1.29, 1.82) is 5.41 Å². The molecule has 1 aliphatic heterocycles. The molecule has 0 bridgehead atoms. The zero-order chi connectivity index (χ0) is 26.6. The second-order valence-corrected chi connectivity index (χ2v) is 10.6. The monoisotopic (exact) mass is 510 g/mol. The lowest BCUT2D eigenvalue weighted by Crippen LogP contribution is -2.42. The molecule has 4 aromatic rings. The maximum Gasteiger partial charge on any atom is 0.254 e. The molecule has 194 valence electrons. The average molecular weight is 511 g/mol. The number of hydrogen-bond acceptors (Lipinski definition) is 4. The van der Waals surface area contributed by atoms with Crippen LogP contribution in [0.25, 0.3) is 11.1 Å². The lowest BCUT2D eigenvalue weighted by atomic mass is 9.86. The van der Waals surface area contributed by atoms with Gasteiger partial charge in [0.15, 0.2) is 0 Å². The molecule has 8 heteroatoms. The maximum absolute atomic E-state index is 14.2. The van der Waals surface area contributed by atoms with Crippen molar-refractivity contribution in [3.05, 3.63) is 99.9 Å². The Morgan fingerprint density at radius 3 is 2.55 bits per heavy atom. The van der Waals surface area contributed by atoms with Crippen molar-refractivity contribution in [2.45, 2.75) is 45.7 Å². The highest BCUT2D eigenvalue weighted by molar-refractivity contribution is 5.99. The summed E-state index contributed by atoms with van der Waals surface area (Å²) in [4.78, 5) is 20.9. The first-order valence-corrected chi connectivity index (χ1v) is 13.1. The summed E-state index contributed by atoms with van der Waals surface area (Å²) in [5, 5.41) is 12.5. The van der Waals surface area contributed by atoms with Crippen LogP contribution >= 0.6 is 0 Å². The lowest BCUT2D eigenvalue weighted by Gasteiger charge is -2.36. The first-order chi connectivity index (χ1) is 18.3. The minimum Gasteiger partial charge on any atom is -0.329 e. The van der Waals surface area contributed by atoms with Crippen LogP contribution in [0.4, 0.5) is 4.39 Å². The fourth-order valence-corrected chi connectivity index (χ4v) is 5.74. The Labute approximate surface area is 221 Å². The number of nitrogens with one attached hydrogen (secondary N) is 1. The number of fused-ring (bicyclic) bond motifs is 1. The predicted octanol–water partition coefficient (Wildman–Crippen LogP) is 4.72. The van der Waals surface area contributed by atoms with Gasteiger partial charge in [-0.1, -0.05) is 6.07 Å². The molecule has 38 heavy (non-hydrogen) atoms. The van der Waals surface area contributed by atoms with Gasteiger partial charge in [-0.25, -0.2) is 9.07 Å². The summed E-state index contributed by atoms with van der Waals surface area (Å²) < 4.78 is 17.2. The van der Waals surface area contributed by atoms with Gasteiger partial charge < -0.3 is 4.90 Å². The van der Waals surface area contributed by atoms with Crippen LogP contribution in [0, 0.1) is 31.0 Å². The van der Waals surface area contributed by atoms with Crippen molar-refractivity contribution >= 4 is 5.91 Å². The van der Waals surface area contributed by atoms with Crippen LogP contribution in [0.3, 0.4) is 0 Å². The van der Waals surface area contributed by atoms with E-state index in [-0.39, 0.29) is 23.4 Å². The van der Waals surface area contributed by atoms with E-state index in [9.17, 15) is 9.18 Å². The van der Waals surface area contributed by atoms with E-state index in [1.807, 2.05) is 30.2 Å². The Morgan fingerprint density at radius 2 is 1.87 bits per heavy atom. The molecule has 6 rings (SSSR count).